The first-order chi connectivity index (χ1) is 12.1. The Morgan fingerprint density at radius 1 is 1.40 bits per heavy atom. The number of hydrogen-bond donors (Lipinski definition) is 0. The van der Waals surface area contributed by atoms with Crippen LogP contribution in [0.25, 0.3) is 0 Å². The predicted octanol–water partition coefficient (Wildman–Crippen LogP) is 2.27. The summed E-state index contributed by atoms with van der Waals surface area (Å²) >= 11 is 0. The van der Waals surface area contributed by atoms with E-state index in [4.69, 9.17) is 9.26 Å². The molecule has 1 saturated heterocycles. The zero-order chi connectivity index (χ0) is 17.8. The van der Waals surface area contributed by atoms with Gasteiger partial charge in [0.15, 0.2) is 5.82 Å². The molecule has 0 unspecified atom stereocenters. The largest absolute Gasteiger partial charge is 0.495 e. The normalized spacial score (nSPS) is 18.0. The van der Waals surface area contributed by atoms with Gasteiger partial charge in [0.25, 0.3) is 0 Å². The molecule has 0 bridgehead atoms. The number of amides is 1. The van der Waals surface area contributed by atoms with Gasteiger partial charge in [-0.15, -0.1) is 0 Å². The van der Waals surface area contributed by atoms with Gasteiger partial charge in [-0.2, -0.15) is 4.98 Å². The van der Waals surface area contributed by atoms with Crippen molar-refractivity contribution in [3.63, 3.8) is 0 Å². The third kappa shape index (κ3) is 3.66. The molecule has 0 saturated carbocycles. The van der Waals surface area contributed by atoms with Gasteiger partial charge < -0.3 is 14.2 Å². The topological polar surface area (TPSA) is 71.7 Å². The number of para-hydroxylation sites is 2. The molecule has 7 nitrogen and oxygen atoms in total. The van der Waals surface area contributed by atoms with Crippen LogP contribution in [-0.2, 0) is 17.8 Å². The number of piperidine rings is 1. The molecule has 0 spiro atoms. The third-order valence-corrected chi connectivity index (χ3v) is 4.53. The lowest BCUT2D eigenvalue weighted by atomic mass is 10.0. The van der Waals surface area contributed by atoms with E-state index in [9.17, 15) is 4.79 Å². The van der Waals surface area contributed by atoms with Crippen LogP contribution in [0.3, 0.4) is 0 Å². The smallest absolute Gasteiger partial charge is 0.244 e. The molecule has 1 fully saturated rings. The van der Waals surface area contributed by atoms with Gasteiger partial charge >= 0.3 is 0 Å². The highest BCUT2D eigenvalue weighted by atomic mass is 16.5. The van der Waals surface area contributed by atoms with Crippen molar-refractivity contribution in [2.24, 2.45) is 0 Å². The summed E-state index contributed by atoms with van der Waals surface area (Å²) in [5.74, 6) is 2.02. The fourth-order valence-corrected chi connectivity index (χ4v) is 3.18. The van der Waals surface area contributed by atoms with Crippen LogP contribution in [0, 0.1) is 0 Å². The first-order valence-electron chi connectivity index (χ1n) is 8.60. The summed E-state index contributed by atoms with van der Waals surface area (Å²) in [5.41, 5.74) is 0.819. The number of methoxy groups -OCH3 is 1. The Morgan fingerprint density at radius 2 is 2.20 bits per heavy atom. The second-order valence-electron chi connectivity index (χ2n) is 6.19. The van der Waals surface area contributed by atoms with Crippen molar-refractivity contribution in [1.29, 1.82) is 0 Å². The predicted molar refractivity (Wildman–Crippen MR) is 93.5 cm³/mol. The molecule has 2 heterocycles. The second kappa shape index (κ2) is 7.65. The Balaban J connectivity index is 1.75. The number of carbonyl (C=O) groups is 1. The van der Waals surface area contributed by atoms with Crippen molar-refractivity contribution >= 4 is 11.6 Å². The van der Waals surface area contributed by atoms with Crippen molar-refractivity contribution in [2.45, 2.75) is 38.8 Å². The van der Waals surface area contributed by atoms with Gasteiger partial charge in [0.2, 0.25) is 11.8 Å². The summed E-state index contributed by atoms with van der Waals surface area (Å²) in [6.07, 6.45) is 2.48. The molecule has 0 N–H and O–H groups in total. The van der Waals surface area contributed by atoms with Crippen LogP contribution in [0.1, 0.15) is 31.5 Å². The number of anilines is 1. The average molecular weight is 344 g/mol. The molecular weight excluding hydrogens is 320 g/mol. The van der Waals surface area contributed by atoms with E-state index in [1.807, 2.05) is 48.0 Å². The Bertz CT molecular complexity index is 731. The summed E-state index contributed by atoms with van der Waals surface area (Å²) in [5, 5.41) is 3.91. The van der Waals surface area contributed by atoms with E-state index in [-0.39, 0.29) is 11.9 Å². The lowest BCUT2D eigenvalue weighted by molar-refractivity contribution is -0.125. The van der Waals surface area contributed by atoms with Crippen LogP contribution in [-0.4, -0.2) is 47.7 Å². The quantitative estimate of drug-likeness (QED) is 0.800. The molecule has 25 heavy (non-hydrogen) atoms. The van der Waals surface area contributed by atoms with Gasteiger partial charge in [-0.3, -0.25) is 9.69 Å². The summed E-state index contributed by atoms with van der Waals surface area (Å²) < 4.78 is 10.7. The number of aryl methyl sites for hydroxylation is 1. The maximum atomic E-state index is 13.0. The number of likely N-dealkylation sites (N-methyl/N-ethyl adjacent to an activating group) is 1. The van der Waals surface area contributed by atoms with Gasteiger partial charge in [-0.1, -0.05) is 24.2 Å². The number of rotatable bonds is 6. The molecule has 0 radical (unpaired) electrons. The molecule has 1 amide bonds. The van der Waals surface area contributed by atoms with Crippen LogP contribution >= 0.6 is 0 Å². The minimum atomic E-state index is -0.212. The lowest BCUT2D eigenvalue weighted by Crippen LogP contribution is -2.51. The molecule has 1 atom stereocenters. The maximum absolute atomic E-state index is 13.0. The first-order valence-corrected chi connectivity index (χ1v) is 8.60. The van der Waals surface area contributed by atoms with Crippen LogP contribution in [0.4, 0.5) is 5.69 Å². The SMILES string of the molecule is CCc1noc(CN(C)[C@H]2CCCN(c3ccccc3OC)C2=O)n1. The fourth-order valence-electron chi connectivity index (χ4n) is 3.18. The number of benzene rings is 1. The molecule has 2 aromatic rings. The standard InChI is InChI=1S/C18H24N4O3/c1-4-16-19-17(25-20-16)12-21(2)14-9-7-11-22(18(14)23)13-8-5-6-10-15(13)24-3/h5-6,8,10,14H,4,7,9,11-12H2,1-3H3/t14-/m0/s1. The van der Waals surface area contributed by atoms with Crippen LogP contribution in [0.5, 0.6) is 5.75 Å². The number of ether oxygens (including phenoxy) is 1. The Hall–Kier alpha value is -2.41. The van der Waals surface area contributed by atoms with Crippen molar-refractivity contribution < 1.29 is 14.1 Å². The first kappa shape index (κ1) is 17.4. The van der Waals surface area contributed by atoms with Crippen molar-refractivity contribution in [1.82, 2.24) is 15.0 Å². The highest BCUT2D eigenvalue weighted by Gasteiger charge is 2.34. The van der Waals surface area contributed by atoms with E-state index in [2.05, 4.69) is 10.1 Å². The fraction of sp³-hybridized carbons (Fsp3) is 0.500. The molecule has 134 valence electrons. The lowest BCUT2D eigenvalue weighted by Gasteiger charge is -2.36. The van der Waals surface area contributed by atoms with Crippen molar-refractivity contribution in [3.05, 3.63) is 36.0 Å². The van der Waals surface area contributed by atoms with Crippen LogP contribution in [0.15, 0.2) is 28.8 Å². The Morgan fingerprint density at radius 3 is 2.92 bits per heavy atom. The molecule has 0 aliphatic carbocycles. The summed E-state index contributed by atoms with van der Waals surface area (Å²) in [6.45, 7) is 3.14. The van der Waals surface area contributed by atoms with Gasteiger partial charge in [0.05, 0.1) is 25.4 Å². The van der Waals surface area contributed by atoms with Crippen LogP contribution < -0.4 is 9.64 Å². The van der Waals surface area contributed by atoms with Crippen LogP contribution in [0.2, 0.25) is 0 Å². The second-order valence-corrected chi connectivity index (χ2v) is 6.19. The average Bonchev–Trinajstić information content (AvgIpc) is 3.09. The Labute approximate surface area is 147 Å². The third-order valence-electron chi connectivity index (χ3n) is 4.53. The van der Waals surface area contributed by atoms with Crippen molar-refractivity contribution in [3.8, 4) is 5.75 Å². The van der Waals surface area contributed by atoms with E-state index in [0.717, 1.165) is 24.9 Å². The maximum Gasteiger partial charge on any atom is 0.244 e. The van der Waals surface area contributed by atoms with Gasteiger partial charge in [0, 0.05) is 13.0 Å². The van der Waals surface area contributed by atoms with E-state index in [1.165, 1.54) is 0 Å². The molecular formula is C18H24N4O3. The minimum Gasteiger partial charge on any atom is -0.495 e. The van der Waals surface area contributed by atoms with E-state index in [1.54, 1.807) is 7.11 Å². The van der Waals surface area contributed by atoms with Gasteiger partial charge in [-0.25, -0.2) is 0 Å². The molecule has 3 rings (SSSR count). The highest BCUT2D eigenvalue weighted by Crippen LogP contribution is 2.31. The van der Waals surface area contributed by atoms with E-state index >= 15 is 0 Å². The zero-order valence-corrected chi connectivity index (χ0v) is 14.9. The number of hydrogen-bond acceptors (Lipinski definition) is 6. The zero-order valence-electron chi connectivity index (χ0n) is 14.9. The van der Waals surface area contributed by atoms with E-state index < -0.39 is 0 Å². The van der Waals surface area contributed by atoms with Gasteiger partial charge in [-0.05, 0) is 32.0 Å². The number of aromatic nitrogens is 2. The van der Waals surface area contributed by atoms with Gasteiger partial charge in [0.1, 0.15) is 5.75 Å². The summed E-state index contributed by atoms with van der Waals surface area (Å²) in [4.78, 5) is 21.2. The van der Waals surface area contributed by atoms with E-state index in [0.29, 0.717) is 30.6 Å². The molecule has 1 aromatic carbocycles. The summed E-state index contributed by atoms with van der Waals surface area (Å²) in [6, 6.07) is 7.41. The molecule has 1 aromatic heterocycles. The monoisotopic (exact) mass is 344 g/mol. The number of nitrogens with zero attached hydrogens (tertiary/aromatic N) is 4. The summed E-state index contributed by atoms with van der Waals surface area (Å²) in [7, 11) is 3.54. The number of carbonyl (C=O) groups excluding carboxylic acids is 1. The molecule has 1 aliphatic rings. The minimum absolute atomic E-state index is 0.0773. The molecule has 1 aliphatic heterocycles. The van der Waals surface area contributed by atoms with Crippen molar-refractivity contribution in [2.75, 3.05) is 25.6 Å². The Kier molecular flexibility index (Phi) is 5.33. The molecule has 7 heteroatoms. The highest BCUT2D eigenvalue weighted by molar-refractivity contribution is 5.99.